The number of aromatic nitrogens is 2. The summed E-state index contributed by atoms with van der Waals surface area (Å²) in [6.45, 7) is 4.65. The predicted octanol–water partition coefficient (Wildman–Crippen LogP) is 2.59. The molecule has 0 spiro atoms. The molecule has 1 aromatic carbocycles. The monoisotopic (exact) mass is 354 g/mol. The van der Waals surface area contributed by atoms with Crippen molar-refractivity contribution in [1.29, 1.82) is 0 Å². The molecule has 0 saturated carbocycles. The Labute approximate surface area is 154 Å². The lowest BCUT2D eigenvalue weighted by Crippen LogP contribution is -2.40. The molecule has 0 aliphatic carbocycles. The molecular weight excluding hydrogens is 328 g/mol. The third-order valence-electron chi connectivity index (χ3n) is 4.68. The molecule has 6 heteroatoms. The fourth-order valence-electron chi connectivity index (χ4n) is 3.14. The highest BCUT2D eigenvalue weighted by atomic mass is 16.5. The number of hydrogen-bond acceptors (Lipinski definition) is 5. The fourth-order valence-corrected chi connectivity index (χ4v) is 3.14. The van der Waals surface area contributed by atoms with E-state index in [4.69, 9.17) is 4.74 Å². The van der Waals surface area contributed by atoms with Crippen LogP contribution in [0.3, 0.4) is 0 Å². The summed E-state index contributed by atoms with van der Waals surface area (Å²) in [5, 5.41) is 3.07. The van der Waals surface area contributed by atoms with Crippen LogP contribution < -0.4 is 10.1 Å². The topological polar surface area (TPSA) is 67.4 Å². The molecule has 0 unspecified atom stereocenters. The Morgan fingerprint density at radius 1 is 1.19 bits per heavy atom. The van der Waals surface area contributed by atoms with Crippen LogP contribution in [0.2, 0.25) is 0 Å². The first kappa shape index (κ1) is 18.3. The van der Waals surface area contributed by atoms with Crippen molar-refractivity contribution in [2.75, 3.05) is 19.6 Å². The quantitative estimate of drug-likeness (QED) is 0.828. The van der Waals surface area contributed by atoms with Crippen molar-refractivity contribution in [3.05, 3.63) is 54.4 Å². The van der Waals surface area contributed by atoms with Gasteiger partial charge in [0.1, 0.15) is 6.10 Å². The van der Waals surface area contributed by atoms with Crippen LogP contribution in [0.1, 0.15) is 37.8 Å². The number of carbonyl (C=O) groups is 1. The molecule has 1 aliphatic heterocycles. The number of amides is 1. The van der Waals surface area contributed by atoms with Gasteiger partial charge in [-0.05, 0) is 31.4 Å². The second-order valence-corrected chi connectivity index (χ2v) is 6.64. The van der Waals surface area contributed by atoms with E-state index >= 15 is 0 Å². The van der Waals surface area contributed by atoms with E-state index < -0.39 is 0 Å². The Hall–Kier alpha value is -2.47. The SMILES string of the molecule is C[C@H](NC(=O)CCN1CCC(Oc2ncccn2)CC1)c1ccccc1. The molecule has 26 heavy (non-hydrogen) atoms. The zero-order chi connectivity index (χ0) is 18.2. The minimum atomic E-state index is 0.0358. The van der Waals surface area contributed by atoms with Crippen LogP contribution in [0, 0.1) is 0 Å². The van der Waals surface area contributed by atoms with Gasteiger partial charge in [-0.1, -0.05) is 30.3 Å². The number of benzene rings is 1. The predicted molar refractivity (Wildman–Crippen MR) is 99.7 cm³/mol. The summed E-state index contributed by atoms with van der Waals surface area (Å²) >= 11 is 0. The molecule has 1 aliphatic rings. The summed E-state index contributed by atoms with van der Waals surface area (Å²) in [4.78, 5) is 22.7. The zero-order valence-corrected chi connectivity index (χ0v) is 15.2. The first-order valence-electron chi connectivity index (χ1n) is 9.21. The molecule has 1 saturated heterocycles. The average molecular weight is 354 g/mol. The molecule has 1 amide bonds. The molecule has 6 nitrogen and oxygen atoms in total. The largest absolute Gasteiger partial charge is 0.460 e. The van der Waals surface area contributed by atoms with Gasteiger partial charge in [-0.3, -0.25) is 4.79 Å². The van der Waals surface area contributed by atoms with E-state index in [9.17, 15) is 4.79 Å². The van der Waals surface area contributed by atoms with Gasteiger partial charge in [0.25, 0.3) is 0 Å². The third-order valence-corrected chi connectivity index (χ3v) is 4.68. The molecule has 1 aromatic heterocycles. The van der Waals surface area contributed by atoms with Crippen molar-refractivity contribution >= 4 is 5.91 Å². The van der Waals surface area contributed by atoms with Crippen LogP contribution >= 0.6 is 0 Å². The van der Waals surface area contributed by atoms with Crippen LogP contribution in [0.4, 0.5) is 0 Å². The van der Waals surface area contributed by atoms with Gasteiger partial charge in [0, 0.05) is 38.4 Å². The summed E-state index contributed by atoms with van der Waals surface area (Å²) in [5.41, 5.74) is 1.13. The number of ether oxygens (including phenoxy) is 1. The molecule has 1 N–H and O–H groups in total. The van der Waals surface area contributed by atoms with Crippen LogP contribution in [0.25, 0.3) is 0 Å². The van der Waals surface area contributed by atoms with Crippen molar-refractivity contribution < 1.29 is 9.53 Å². The number of rotatable bonds is 7. The molecule has 3 rings (SSSR count). The fraction of sp³-hybridized carbons (Fsp3) is 0.450. The Kier molecular flexibility index (Phi) is 6.55. The smallest absolute Gasteiger partial charge is 0.316 e. The second kappa shape index (κ2) is 9.29. The van der Waals surface area contributed by atoms with Crippen LogP contribution in [0.15, 0.2) is 48.8 Å². The molecule has 2 heterocycles. The number of nitrogens with one attached hydrogen (secondary N) is 1. The number of carbonyl (C=O) groups excluding carboxylic acids is 1. The number of likely N-dealkylation sites (tertiary alicyclic amines) is 1. The van der Waals surface area contributed by atoms with Crippen molar-refractivity contribution in [3.63, 3.8) is 0 Å². The van der Waals surface area contributed by atoms with E-state index in [1.54, 1.807) is 18.5 Å². The van der Waals surface area contributed by atoms with Gasteiger partial charge in [-0.15, -0.1) is 0 Å². The molecule has 1 atom stereocenters. The highest BCUT2D eigenvalue weighted by Crippen LogP contribution is 2.16. The van der Waals surface area contributed by atoms with Crippen molar-refractivity contribution in [1.82, 2.24) is 20.2 Å². The number of nitrogens with zero attached hydrogens (tertiary/aromatic N) is 3. The lowest BCUT2D eigenvalue weighted by atomic mass is 10.1. The van der Waals surface area contributed by atoms with Crippen LogP contribution in [-0.2, 0) is 4.79 Å². The maximum atomic E-state index is 12.2. The lowest BCUT2D eigenvalue weighted by Gasteiger charge is -2.31. The standard InChI is InChI=1S/C20H26N4O2/c1-16(17-6-3-2-4-7-17)23-19(25)10-15-24-13-8-18(9-14-24)26-20-21-11-5-12-22-20/h2-7,11-12,16,18H,8-10,13-15H2,1H3,(H,23,25)/t16-/m0/s1. The normalized spacial score (nSPS) is 16.8. The van der Waals surface area contributed by atoms with Crippen molar-refractivity contribution in [2.24, 2.45) is 0 Å². The summed E-state index contributed by atoms with van der Waals surface area (Å²) in [5.74, 6) is 0.0948. The van der Waals surface area contributed by atoms with E-state index in [1.807, 2.05) is 37.3 Å². The maximum Gasteiger partial charge on any atom is 0.316 e. The molecule has 0 radical (unpaired) electrons. The van der Waals surface area contributed by atoms with Gasteiger partial charge in [-0.2, -0.15) is 0 Å². The summed E-state index contributed by atoms with van der Waals surface area (Å²) < 4.78 is 5.80. The number of piperidine rings is 1. The Morgan fingerprint density at radius 2 is 1.88 bits per heavy atom. The van der Waals surface area contributed by atoms with E-state index in [1.165, 1.54) is 0 Å². The zero-order valence-electron chi connectivity index (χ0n) is 15.2. The van der Waals surface area contributed by atoms with Crippen molar-refractivity contribution in [3.8, 4) is 6.01 Å². The van der Waals surface area contributed by atoms with Crippen LogP contribution in [-0.4, -0.2) is 46.5 Å². The maximum absolute atomic E-state index is 12.2. The molecule has 2 aromatic rings. The minimum Gasteiger partial charge on any atom is -0.460 e. The van der Waals surface area contributed by atoms with Crippen molar-refractivity contribution in [2.45, 2.75) is 38.3 Å². The third kappa shape index (κ3) is 5.52. The summed E-state index contributed by atoms with van der Waals surface area (Å²) in [6, 6.07) is 12.3. The van der Waals surface area contributed by atoms with Gasteiger partial charge in [0.15, 0.2) is 0 Å². The molecule has 1 fully saturated rings. The summed E-state index contributed by atoms with van der Waals surface area (Å²) in [6.07, 6.45) is 5.91. The first-order valence-corrected chi connectivity index (χ1v) is 9.21. The average Bonchev–Trinajstić information content (AvgIpc) is 2.69. The van der Waals surface area contributed by atoms with Gasteiger partial charge in [-0.25, -0.2) is 9.97 Å². The Morgan fingerprint density at radius 3 is 2.58 bits per heavy atom. The highest BCUT2D eigenvalue weighted by molar-refractivity contribution is 5.76. The molecular formula is C20H26N4O2. The molecule has 138 valence electrons. The first-order chi connectivity index (χ1) is 12.7. The van der Waals surface area contributed by atoms with E-state index in [-0.39, 0.29) is 18.1 Å². The molecule has 0 bridgehead atoms. The van der Waals surface area contributed by atoms with E-state index in [0.29, 0.717) is 12.4 Å². The highest BCUT2D eigenvalue weighted by Gasteiger charge is 2.21. The lowest BCUT2D eigenvalue weighted by molar-refractivity contribution is -0.122. The van der Waals surface area contributed by atoms with E-state index in [2.05, 4.69) is 20.2 Å². The number of hydrogen-bond donors (Lipinski definition) is 1. The van der Waals surface area contributed by atoms with Crippen LogP contribution in [0.5, 0.6) is 6.01 Å². The summed E-state index contributed by atoms with van der Waals surface area (Å²) in [7, 11) is 0. The Bertz CT molecular complexity index is 673. The Balaban J connectivity index is 1.35. The second-order valence-electron chi connectivity index (χ2n) is 6.64. The van der Waals surface area contributed by atoms with Gasteiger partial charge < -0.3 is 15.0 Å². The minimum absolute atomic E-state index is 0.0358. The van der Waals surface area contributed by atoms with E-state index in [0.717, 1.165) is 38.0 Å². The van der Waals surface area contributed by atoms with Gasteiger partial charge in [0.2, 0.25) is 5.91 Å². The van der Waals surface area contributed by atoms with Gasteiger partial charge >= 0.3 is 6.01 Å². The van der Waals surface area contributed by atoms with Gasteiger partial charge in [0.05, 0.1) is 6.04 Å².